The molecule has 1 aromatic rings. The molecule has 6 heteroatoms. The number of anilines is 1. The molecule has 0 saturated carbocycles. The highest BCUT2D eigenvalue weighted by Gasteiger charge is 2.17. The Morgan fingerprint density at radius 3 is 2.78 bits per heavy atom. The van der Waals surface area contributed by atoms with Crippen molar-refractivity contribution < 1.29 is 14.6 Å². The molecule has 0 radical (unpaired) electrons. The summed E-state index contributed by atoms with van der Waals surface area (Å²) < 4.78 is 5.64. The molecule has 0 aromatic carbocycles. The van der Waals surface area contributed by atoms with Crippen LogP contribution in [0.3, 0.4) is 0 Å². The lowest BCUT2D eigenvalue weighted by Crippen LogP contribution is -2.34. The summed E-state index contributed by atoms with van der Waals surface area (Å²) in [6.45, 7) is 1.55. The molecule has 2 heterocycles. The number of carboxylic acid groups (broad SMARTS) is 1. The fourth-order valence-electron chi connectivity index (χ4n) is 1.97. The maximum Gasteiger partial charge on any atom is 0.338 e. The third kappa shape index (κ3) is 3.16. The zero-order valence-corrected chi connectivity index (χ0v) is 10.4. The van der Waals surface area contributed by atoms with Gasteiger partial charge < -0.3 is 14.7 Å². The third-order valence-electron chi connectivity index (χ3n) is 2.98. The largest absolute Gasteiger partial charge is 0.478 e. The van der Waals surface area contributed by atoms with Crippen LogP contribution in [0.2, 0.25) is 0 Å². The van der Waals surface area contributed by atoms with E-state index in [4.69, 9.17) is 9.84 Å². The quantitative estimate of drug-likeness (QED) is 0.866. The van der Waals surface area contributed by atoms with Gasteiger partial charge in [-0.25, -0.2) is 14.8 Å². The zero-order chi connectivity index (χ0) is 13.0. The Morgan fingerprint density at radius 1 is 1.50 bits per heavy atom. The van der Waals surface area contributed by atoms with Crippen molar-refractivity contribution in [3.63, 3.8) is 0 Å². The van der Waals surface area contributed by atoms with E-state index in [9.17, 15) is 4.79 Å². The molecule has 1 aliphatic heterocycles. The summed E-state index contributed by atoms with van der Waals surface area (Å²) >= 11 is 0. The molecular formula is C12H17N3O3. The van der Waals surface area contributed by atoms with Crippen LogP contribution in [0.1, 0.15) is 29.6 Å². The topological polar surface area (TPSA) is 75.5 Å². The van der Waals surface area contributed by atoms with Gasteiger partial charge in [0.2, 0.25) is 5.95 Å². The summed E-state index contributed by atoms with van der Waals surface area (Å²) in [5.74, 6) is -0.492. The molecule has 1 aromatic heterocycles. The molecule has 6 nitrogen and oxygen atoms in total. The highest BCUT2D eigenvalue weighted by atomic mass is 16.5. The number of rotatable bonds is 4. The number of carboxylic acids is 1. The highest BCUT2D eigenvalue weighted by Crippen LogP contribution is 2.15. The lowest BCUT2D eigenvalue weighted by Gasteiger charge is -2.27. The maximum atomic E-state index is 10.7. The maximum absolute atomic E-state index is 10.7. The van der Waals surface area contributed by atoms with E-state index in [1.807, 2.05) is 11.9 Å². The molecule has 0 bridgehead atoms. The van der Waals surface area contributed by atoms with Crippen LogP contribution in [0.5, 0.6) is 0 Å². The van der Waals surface area contributed by atoms with Crippen LogP contribution in [-0.4, -0.2) is 47.3 Å². The van der Waals surface area contributed by atoms with Crippen molar-refractivity contribution in [2.75, 3.05) is 25.1 Å². The minimum atomic E-state index is -1.01. The van der Waals surface area contributed by atoms with Crippen LogP contribution >= 0.6 is 0 Å². The highest BCUT2D eigenvalue weighted by molar-refractivity contribution is 5.86. The SMILES string of the molecule is CN(CC1CCCCO1)c1ncc(C(=O)O)cn1. The summed E-state index contributed by atoms with van der Waals surface area (Å²) in [7, 11) is 1.88. The van der Waals surface area contributed by atoms with Crippen molar-refractivity contribution in [1.82, 2.24) is 9.97 Å². The van der Waals surface area contributed by atoms with Gasteiger partial charge in [-0.1, -0.05) is 0 Å². The summed E-state index contributed by atoms with van der Waals surface area (Å²) in [6.07, 6.45) is 6.23. The average molecular weight is 251 g/mol. The molecule has 1 N–H and O–H groups in total. The van der Waals surface area contributed by atoms with Gasteiger partial charge in [0.1, 0.15) is 0 Å². The number of hydrogen-bond acceptors (Lipinski definition) is 5. The monoisotopic (exact) mass is 251 g/mol. The van der Waals surface area contributed by atoms with Gasteiger partial charge in [0.05, 0.1) is 11.7 Å². The Kier molecular flexibility index (Phi) is 4.09. The van der Waals surface area contributed by atoms with E-state index < -0.39 is 5.97 Å². The van der Waals surface area contributed by atoms with E-state index in [1.165, 1.54) is 18.8 Å². The molecule has 1 aliphatic rings. The van der Waals surface area contributed by atoms with Crippen molar-refractivity contribution >= 4 is 11.9 Å². The Labute approximate surface area is 106 Å². The minimum Gasteiger partial charge on any atom is -0.478 e. The minimum absolute atomic E-state index is 0.0982. The molecule has 1 atom stereocenters. The van der Waals surface area contributed by atoms with E-state index in [-0.39, 0.29) is 11.7 Å². The molecule has 0 aliphatic carbocycles. The third-order valence-corrected chi connectivity index (χ3v) is 2.98. The zero-order valence-electron chi connectivity index (χ0n) is 10.4. The van der Waals surface area contributed by atoms with Gasteiger partial charge >= 0.3 is 5.97 Å². The van der Waals surface area contributed by atoms with Gasteiger partial charge in [0.25, 0.3) is 0 Å². The fraction of sp³-hybridized carbons (Fsp3) is 0.583. The first kappa shape index (κ1) is 12.8. The van der Waals surface area contributed by atoms with E-state index in [1.54, 1.807) is 0 Å². The van der Waals surface area contributed by atoms with Crippen LogP contribution in [-0.2, 0) is 4.74 Å². The smallest absolute Gasteiger partial charge is 0.338 e. The average Bonchev–Trinajstić information content (AvgIpc) is 2.40. The van der Waals surface area contributed by atoms with Crippen molar-refractivity contribution in [3.05, 3.63) is 18.0 Å². The molecule has 98 valence electrons. The van der Waals surface area contributed by atoms with Gasteiger partial charge in [-0.3, -0.25) is 0 Å². The van der Waals surface area contributed by atoms with Crippen LogP contribution in [0, 0.1) is 0 Å². The second-order valence-corrected chi connectivity index (χ2v) is 4.45. The first-order valence-electron chi connectivity index (χ1n) is 6.05. The molecule has 1 fully saturated rings. The summed E-state index contributed by atoms with van der Waals surface area (Å²) in [5.41, 5.74) is 0.0982. The fourth-order valence-corrected chi connectivity index (χ4v) is 1.97. The molecule has 0 spiro atoms. The van der Waals surface area contributed by atoms with Gasteiger partial charge in [-0.05, 0) is 19.3 Å². The normalized spacial score (nSPS) is 19.5. The van der Waals surface area contributed by atoms with Crippen LogP contribution < -0.4 is 4.90 Å². The van der Waals surface area contributed by atoms with Crippen molar-refractivity contribution in [2.24, 2.45) is 0 Å². The molecule has 18 heavy (non-hydrogen) atoms. The first-order valence-corrected chi connectivity index (χ1v) is 6.05. The first-order chi connectivity index (χ1) is 8.66. The second-order valence-electron chi connectivity index (χ2n) is 4.45. The van der Waals surface area contributed by atoms with Gasteiger partial charge in [-0.2, -0.15) is 0 Å². The van der Waals surface area contributed by atoms with E-state index in [0.29, 0.717) is 5.95 Å². The number of nitrogens with zero attached hydrogens (tertiary/aromatic N) is 3. The summed E-state index contributed by atoms with van der Waals surface area (Å²) in [4.78, 5) is 20.7. The number of aromatic nitrogens is 2. The van der Waals surface area contributed by atoms with Crippen molar-refractivity contribution in [1.29, 1.82) is 0 Å². The van der Waals surface area contributed by atoms with Gasteiger partial charge in [0, 0.05) is 32.6 Å². The lowest BCUT2D eigenvalue weighted by molar-refractivity contribution is 0.0214. The molecule has 2 rings (SSSR count). The summed E-state index contributed by atoms with van der Waals surface area (Å²) in [6, 6.07) is 0. The summed E-state index contributed by atoms with van der Waals surface area (Å²) in [5, 5.41) is 8.76. The number of ether oxygens (including phenoxy) is 1. The number of hydrogen-bond donors (Lipinski definition) is 1. The number of aromatic carboxylic acids is 1. The lowest BCUT2D eigenvalue weighted by atomic mass is 10.1. The predicted molar refractivity (Wildman–Crippen MR) is 65.9 cm³/mol. The second kappa shape index (κ2) is 5.77. The molecule has 1 saturated heterocycles. The Bertz CT molecular complexity index is 402. The van der Waals surface area contributed by atoms with Crippen LogP contribution in [0.25, 0.3) is 0 Å². The Hall–Kier alpha value is -1.69. The predicted octanol–water partition coefficient (Wildman–Crippen LogP) is 1.18. The standard InChI is InChI=1S/C12H17N3O3/c1-15(8-10-4-2-3-5-18-10)12-13-6-9(7-14-12)11(16)17/h6-7,10H,2-5,8H2,1H3,(H,16,17). The molecular weight excluding hydrogens is 234 g/mol. The van der Waals surface area contributed by atoms with Crippen molar-refractivity contribution in [2.45, 2.75) is 25.4 Å². The van der Waals surface area contributed by atoms with Gasteiger partial charge in [0.15, 0.2) is 0 Å². The number of likely N-dealkylation sites (N-methyl/N-ethyl adjacent to an activating group) is 1. The van der Waals surface area contributed by atoms with Crippen LogP contribution in [0.15, 0.2) is 12.4 Å². The Balaban J connectivity index is 1.95. The van der Waals surface area contributed by atoms with Crippen molar-refractivity contribution in [3.8, 4) is 0 Å². The van der Waals surface area contributed by atoms with E-state index in [2.05, 4.69) is 9.97 Å². The Morgan fingerprint density at radius 2 is 2.22 bits per heavy atom. The van der Waals surface area contributed by atoms with E-state index in [0.717, 1.165) is 26.0 Å². The number of carbonyl (C=O) groups is 1. The molecule has 0 amide bonds. The van der Waals surface area contributed by atoms with Gasteiger partial charge in [-0.15, -0.1) is 0 Å². The molecule has 1 unspecified atom stereocenters. The van der Waals surface area contributed by atoms with E-state index >= 15 is 0 Å². The van der Waals surface area contributed by atoms with Crippen LogP contribution in [0.4, 0.5) is 5.95 Å².